The molecule has 0 saturated heterocycles. The molecule has 20 heavy (non-hydrogen) atoms. The normalized spacial score (nSPS) is 12.2. The highest BCUT2D eigenvalue weighted by Gasteiger charge is 2.26. The minimum absolute atomic E-state index is 0.0292. The van der Waals surface area contributed by atoms with Crippen molar-refractivity contribution in [2.75, 3.05) is 5.06 Å². The van der Waals surface area contributed by atoms with Crippen LogP contribution < -0.4 is 15.3 Å². The molecule has 0 heterocycles. The van der Waals surface area contributed by atoms with Crippen molar-refractivity contribution < 1.29 is 26.8 Å². The third kappa shape index (κ3) is 3.45. The van der Waals surface area contributed by atoms with Crippen LogP contribution in [0.4, 0.5) is 5.69 Å². The van der Waals surface area contributed by atoms with Crippen molar-refractivity contribution >= 4 is 43.2 Å². The molecule has 112 valence electrons. The number of carbonyl (C=O) groups excluding carboxylic acids is 1. The van der Waals surface area contributed by atoms with Gasteiger partial charge < -0.3 is 0 Å². The Morgan fingerprint density at radius 3 is 1.95 bits per heavy atom. The van der Waals surface area contributed by atoms with E-state index >= 15 is 0 Å². The number of benzene rings is 1. The summed E-state index contributed by atoms with van der Waals surface area (Å²) in [6, 6.07) is 1.32. The summed E-state index contributed by atoms with van der Waals surface area (Å²) in [4.78, 5) is 9.55. The van der Waals surface area contributed by atoms with E-state index in [1.54, 1.807) is 0 Å². The first kappa shape index (κ1) is 16.8. The fraction of sp³-hybridized carbons (Fsp3) is 0.125. The maximum Gasteiger partial charge on any atom is 0.247 e. The van der Waals surface area contributed by atoms with Gasteiger partial charge in [0.05, 0.1) is 10.7 Å². The van der Waals surface area contributed by atoms with E-state index in [-0.39, 0.29) is 5.06 Å². The number of primary sulfonamides is 2. The lowest BCUT2D eigenvalue weighted by atomic mass is 10.3. The van der Waals surface area contributed by atoms with E-state index in [0.29, 0.717) is 6.07 Å². The lowest BCUT2D eigenvalue weighted by Crippen LogP contribution is -2.27. The summed E-state index contributed by atoms with van der Waals surface area (Å²) < 4.78 is 45.4. The number of halogens is 1. The van der Waals surface area contributed by atoms with Crippen LogP contribution in [0, 0.1) is 0 Å². The van der Waals surface area contributed by atoms with Crippen molar-refractivity contribution in [1.29, 1.82) is 0 Å². The summed E-state index contributed by atoms with van der Waals surface area (Å²) in [7, 11) is -8.76. The van der Waals surface area contributed by atoms with Crippen molar-refractivity contribution in [3.63, 3.8) is 0 Å². The van der Waals surface area contributed by atoms with Crippen LogP contribution in [0.3, 0.4) is 0 Å². The van der Waals surface area contributed by atoms with Gasteiger partial charge in [0.25, 0.3) is 0 Å². The highest BCUT2D eigenvalue weighted by atomic mass is 35.5. The molecule has 0 aromatic heterocycles. The zero-order valence-corrected chi connectivity index (χ0v) is 12.3. The molecule has 0 fully saturated rings. The molecular weight excluding hydrogens is 334 g/mol. The van der Waals surface area contributed by atoms with E-state index in [2.05, 4.69) is 0 Å². The molecule has 0 radical (unpaired) electrons. The minimum atomic E-state index is -4.44. The van der Waals surface area contributed by atoms with E-state index in [9.17, 15) is 26.8 Å². The van der Waals surface area contributed by atoms with Crippen molar-refractivity contribution in [3.05, 3.63) is 17.2 Å². The topological polar surface area (TPSA) is 161 Å². The van der Waals surface area contributed by atoms with Gasteiger partial charge in [-0.25, -0.2) is 27.1 Å². The molecule has 0 saturated carbocycles. The average Bonchev–Trinajstić information content (AvgIpc) is 2.23. The Kier molecular flexibility index (Phi) is 4.43. The van der Waals surface area contributed by atoms with Gasteiger partial charge in [0.15, 0.2) is 0 Å². The summed E-state index contributed by atoms with van der Waals surface area (Å²) in [6.45, 7) is 0.939. The van der Waals surface area contributed by atoms with Crippen LogP contribution >= 0.6 is 11.6 Å². The fourth-order valence-electron chi connectivity index (χ4n) is 1.31. The van der Waals surface area contributed by atoms with Crippen LogP contribution in [0.2, 0.25) is 5.02 Å². The number of amides is 1. The first-order valence-electron chi connectivity index (χ1n) is 4.74. The number of hydrogen-bond donors (Lipinski definition) is 3. The molecule has 1 aromatic rings. The molecule has 12 heteroatoms. The summed E-state index contributed by atoms with van der Waals surface area (Å²) >= 11 is 5.64. The number of sulfonamides is 2. The lowest BCUT2D eigenvalue weighted by molar-refractivity contribution is -0.121. The number of carbonyl (C=O) groups is 1. The SMILES string of the molecule is CC(=O)N(O)c1cc(Cl)c(S(N)(=O)=O)cc1S(N)(=O)=O. The molecule has 0 bridgehead atoms. The highest BCUT2D eigenvalue weighted by molar-refractivity contribution is 7.90. The second-order valence-corrected chi connectivity index (χ2v) is 7.14. The smallest absolute Gasteiger partial charge is 0.247 e. The summed E-state index contributed by atoms with van der Waals surface area (Å²) in [5.41, 5.74) is -0.586. The predicted octanol–water partition coefficient (Wildman–Crippen LogP) is -0.623. The van der Waals surface area contributed by atoms with Crippen LogP contribution in [0.5, 0.6) is 0 Å². The number of hydroxylamine groups is 1. The quantitative estimate of drug-likeness (QED) is 0.489. The third-order valence-electron chi connectivity index (χ3n) is 2.15. The van der Waals surface area contributed by atoms with Gasteiger partial charge >= 0.3 is 0 Å². The number of nitrogens with two attached hydrogens (primary N) is 2. The van der Waals surface area contributed by atoms with Gasteiger partial charge in [0.2, 0.25) is 26.0 Å². The van der Waals surface area contributed by atoms with Crippen LogP contribution in [0.25, 0.3) is 0 Å². The second kappa shape index (κ2) is 5.27. The van der Waals surface area contributed by atoms with Crippen LogP contribution in [0.15, 0.2) is 21.9 Å². The zero-order chi connectivity index (χ0) is 15.9. The molecule has 0 aliphatic rings. The van der Waals surface area contributed by atoms with E-state index < -0.39 is 46.5 Å². The maximum atomic E-state index is 11.4. The zero-order valence-electron chi connectivity index (χ0n) is 9.94. The third-order valence-corrected chi connectivity index (χ3v) is 4.47. The molecule has 0 atom stereocenters. The first-order chi connectivity index (χ1) is 8.85. The van der Waals surface area contributed by atoms with Gasteiger partial charge in [-0.05, 0) is 12.1 Å². The Hall–Kier alpha value is -1.24. The summed E-state index contributed by atoms with van der Waals surface area (Å²) in [5, 5.41) is 18.7. The first-order valence-corrected chi connectivity index (χ1v) is 8.21. The van der Waals surface area contributed by atoms with E-state index in [4.69, 9.17) is 21.9 Å². The second-order valence-electron chi connectivity index (χ2n) is 3.67. The number of nitrogens with zero attached hydrogens (tertiary/aromatic N) is 1. The Morgan fingerprint density at radius 2 is 1.60 bits per heavy atom. The van der Waals surface area contributed by atoms with Crippen molar-refractivity contribution in [2.24, 2.45) is 10.3 Å². The van der Waals surface area contributed by atoms with Gasteiger partial charge in [-0.1, -0.05) is 11.6 Å². The fourth-order valence-corrected chi connectivity index (χ4v) is 3.19. The average molecular weight is 344 g/mol. The molecule has 0 aliphatic carbocycles. The summed E-state index contributed by atoms with van der Waals surface area (Å²) in [5.74, 6) is -0.936. The Balaban J connectivity index is 3.81. The molecule has 0 aliphatic heterocycles. The van der Waals surface area contributed by atoms with E-state index in [1.807, 2.05) is 0 Å². The van der Waals surface area contributed by atoms with E-state index in [1.165, 1.54) is 0 Å². The van der Waals surface area contributed by atoms with Crippen LogP contribution in [0.1, 0.15) is 6.92 Å². The Labute approximate surface area is 119 Å². The number of hydrogen-bond acceptors (Lipinski definition) is 6. The molecule has 9 nitrogen and oxygen atoms in total. The Morgan fingerprint density at radius 1 is 1.15 bits per heavy atom. The molecule has 1 aromatic carbocycles. The van der Waals surface area contributed by atoms with Gasteiger partial charge in [0.1, 0.15) is 9.79 Å². The summed E-state index contributed by atoms with van der Waals surface area (Å²) in [6.07, 6.45) is 0. The Bertz CT molecular complexity index is 774. The standard InChI is InChI=1S/C8H10ClN3O6S2/c1-4(13)12(14)6-2-5(9)7(19(10,15)16)3-8(6)20(11,17)18/h2-3,14H,1H3,(H2,10,15,16)(H2,11,17,18). The maximum absolute atomic E-state index is 11.4. The molecular formula is C8H10ClN3O6S2. The number of rotatable bonds is 3. The lowest BCUT2D eigenvalue weighted by Gasteiger charge is -2.17. The van der Waals surface area contributed by atoms with E-state index in [0.717, 1.165) is 13.0 Å². The largest absolute Gasteiger partial charge is 0.281 e. The van der Waals surface area contributed by atoms with Gasteiger partial charge in [-0.15, -0.1) is 0 Å². The minimum Gasteiger partial charge on any atom is -0.281 e. The molecule has 5 N–H and O–H groups in total. The van der Waals surface area contributed by atoms with Gasteiger partial charge in [-0.2, -0.15) is 5.06 Å². The molecule has 1 rings (SSSR count). The molecule has 0 spiro atoms. The highest BCUT2D eigenvalue weighted by Crippen LogP contribution is 2.32. The molecule has 1 amide bonds. The van der Waals surface area contributed by atoms with Gasteiger partial charge in [-0.3, -0.25) is 10.0 Å². The predicted molar refractivity (Wildman–Crippen MR) is 69.1 cm³/mol. The van der Waals surface area contributed by atoms with Crippen molar-refractivity contribution in [1.82, 2.24) is 0 Å². The van der Waals surface area contributed by atoms with Crippen LogP contribution in [-0.4, -0.2) is 28.0 Å². The number of anilines is 1. The molecule has 0 unspecified atom stereocenters. The van der Waals surface area contributed by atoms with Gasteiger partial charge in [0, 0.05) is 6.92 Å². The van der Waals surface area contributed by atoms with Crippen LogP contribution in [-0.2, 0) is 24.8 Å². The van der Waals surface area contributed by atoms with Crippen molar-refractivity contribution in [2.45, 2.75) is 16.7 Å². The van der Waals surface area contributed by atoms with Crippen molar-refractivity contribution in [3.8, 4) is 0 Å². The monoisotopic (exact) mass is 343 g/mol.